The molecule has 0 aliphatic heterocycles. The van der Waals surface area contributed by atoms with Crippen molar-refractivity contribution >= 4 is 43.5 Å². The molecule has 0 saturated carbocycles. The van der Waals surface area contributed by atoms with Gasteiger partial charge in [-0.15, -0.1) is 0 Å². The van der Waals surface area contributed by atoms with E-state index >= 15 is 0 Å². The molecule has 0 spiro atoms. The predicted molar refractivity (Wildman–Crippen MR) is 93.2 cm³/mol. The van der Waals surface area contributed by atoms with Gasteiger partial charge in [0.05, 0.1) is 0 Å². The smallest absolute Gasteiger partial charge is 0.254 e. The van der Waals surface area contributed by atoms with E-state index in [1.807, 2.05) is 37.3 Å². The van der Waals surface area contributed by atoms with Crippen LogP contribution in [-0.2, 0) is 6.54 Å². The molecule has 21 heavy (non-hydrogen) atoms. The van der Waals surface area contributed by atoms with Crippen LogP contribution in [0.3, 0.4) is 0 Å². The SMILES string of the molecule is Cc1c(N)cc(Br)cc1C(=O)N(C)Cc1ccccc1Br. The summed E-state index contributed by atoms with van der Waals surface area (Å²) in [5.74, 6) is -0.0451. The molecule has 0 fully saturated rings. The second-order valence-electron chi connectivity index (χ2n) is 4.92. The Morgan fingerprint density at radius 1 is 1.24 bits per heavy atom. The van der Waals surface area contributed by atoms with Gasteiger partial charge in [-0.2, -0.15) is 0 Å². The zero-order valence-electron chi connectivity index (χ0n) is 11.9. The van der Waals surface area contributed by atoms with Crippen LogP contribution >= 0.6 is 31.9 Å². The summed E-state index contributed by atoms with van der Waals surface area (Å²) in [5, 5.41) is 0. The van der Waals surface area contributed by atoms with Gasteiger partial charge in [-0.25, -0.2) is 0 Å². The molecule has 1 amide bonds. The molecule has 2 aromatic rings. The van der Waals surface area contributed by atoms with E-state index in [1.165, 1.54) is 0 Å². The maximum atomic E-state index is 12.6. The predicted octanol–water partition coefficient (Wildman–Crippen LogP) is 4.37. The second kappa shape index (κ2) is 6.62. The lowest BCUT2D eigenvalue weighted by molar-refractivity contribution is 0.0784. The van der Waals surface area contributed by atoms with Crippen LogP contribution in [0, 0.1) is 6.92 Å². The van der Waals surface area contributed by atoms with Crippen LogP contribution in [-0.4, -0.2) is 17.9 Å². The van der Waals surface area contributed by atoms with Crippen LogP contribution in [0.5, 0.6) is 0 Å². The third kappa shape index (κ3) is 3.66. The fourth-order valence-electron chi connectivity index (χ4n) is 2.08. The summed E-state index contributed by atoms with van der Waals surface area (Å²) in [6.45, 7) is 2.40. The van der Waals surface area contributed by atoms with E-state index in [0.29, 0.717) is 17.8 Å². The Bertz CT molecular complexity index is 686. The number of halogens is 2. The van der Waals surface area contributed by atoms with E-state index in [-0.39, 0.29) is 5.91 Å². The largest absolute Gasteiger partial charge is 0.398 e. The van der Waals surface area contributed by atoms with Crippen LogP contribution in [0.2, 0.25) is 0 Å². The Kier molecular flexibility index (Phi) is 5.06. The van der Waals surface area contributed by atoms with Gasteiger partial charge < -0.3 is 10.6 Å². The number of nitrogens with two attached hydrogens (primary N) is 1. The van der Waals surface area contributed by atoms with Gasteiger partial charge in [0.1, 0.15) is 0 Å². The third-order valence-electron chi connectivity index (χ3n) is 3.36. The van der Waals surface area contributed by atoms with Crippen molar-refractivity contribution in [3.63, 3.8) is 0 Å². The van der Waals surface area contributed by atoms with Crippen LogP contribution in [0.15, 0.2) is 45.3 Å². The van der Waals surface area contributed by atoms with Crippen molar-refractivity contribution in [1.82, 2.24) is 4.90 Å². The first-order valence-electron chi connectivity index (χ1n) is 6.44. The highest BCUT2D eigenvalue weighted by Crippen LogP contribution is 2.25. The molecule has 0 saturated heterocycles. The highest BCUT2D eigenvalue weighted by Gasteiger charge is 2.17. The van der Waals surface area contributed by atoms with E-state index in [1.54, 1.807) is 18.0 Å². The summed E-state index contributed by atoms with van der Waals surface area (Å²) in [7, 11) is 1.79. The average molecular weight is 412 g/mol. The van der Waals surface area contributed by atoms with Crippen LogP contribution in [0.25, 0.3) is 0 Å². The number of hydrogen-bond donors (Lipinski definition) is 1. The quantitative estimate of drug-likeness (QED) is 0.762. The summed E-state index contributed by atoms with van der Waals surface area (Å²) >= 11 is 6.89. The molecular formula is C16H16Br2N2O. The molecule has 0 aliphatic carbocycles. The van der Waals surface area contributed by atoms with Crippen LogP contribution < -0.4 is 5.73 Å². The van der Waals surface area contributed by atoms with Gasteiger partial charge in [0, 0.05) is 33.8 Å². The van der Waals surface area contributed by atoms with Crippen molar-refractivity contribution < 1.29 is 4.79 Å². The van der Waals surface area contributed by atoms with Crippen molar-refractivity contribution in [3.05, 3.63) is 62.0 Å². The zero-order chi connectivity index (χ0) is 15.6. The van der Waals surface area contributed by atoms with Crippen molar-refractivity contribution in [2.45, 2.75) is 13.5 Å². The molecule has 2 rings (SSSR count). The molecule has 0 radical (unpaired) electrons. The first-order valence-corrected chi connectivity index (χ1v) is 8.03. The minimum Gasteiger partial charge on any atom is -0.398 e. The molecule has 0 unspecified atom stereocenters. The Morgan fingerprint density at radius 3 is 2.57 bits per heavy atom. The number of carbonyl (C=O) groups excluding carboxylic acids is 1. The minimum absolute atomic E-state index is 0.0451. The van der Waals surface area contributed by atoms with Crippen molar-refractivity contribution in [2.24, 2.45) is 0 Å². The molecule has 110 valence electrons. The number of nitrogens with zero attached hydrogens (tertiary/aromatic N) is 1. The summed E-state index contributed by atoms with van der Waals surface area (Å²) in [6.07, 6.45) is 0. The highest BCUT2D eigenvalue weighted by molar-refractivity contribution is 9.10. The Morgan fingerprint density at radius 2 is 1.90 bits per heavy atom. The third-order valence-corrected chi connectivity index (χ3v) is 4.59. The molecule has 0 atom stereocenters. The Hall–Kier alpha value is -1.33. The number of amides is 1. The summed E-state index contributed by atoms with van der Waals surface area (Å²) < 4.78 is 1.80. The molecule has 2 aromatic carbocycles. The summed E-state index contributed by atoms with van der Waals surface area (Å²) in [4.78, 5) is 14.3. The minimum atomic E-state index is -0.0451. The van der Waals surface area contributed by atoms with Gasteiger partial charge in [0.2, 0.25) is 0 Å². The van der Waals surface area contributed by atoms with Gasteiger partial charge in [0.25, 0.3) is 5.91 Å². The summed E-state index contributed by atoms with van der Waals surface area (Å²) in [5.41, 5.74) is 9.03. The van der Waals surface area contributed by atoms with E-state index in [0.717, 1.165) is 20.1 Å². The van der Waals surface area contributed by atoms with Crippen molar-refractivity contribution in [3.8, 4) is 0 Å². The fourth-order valence-corrected chi connectivity index (χ4v) is 2.97. The number of nitrogen functional groups attached to an aromatic ring is 1. The highest BCUT2D eigenvalue weighted by atomic mass is 79.9. The topological polar surface area (TPSA) is 46.3 Å². The van der Waals surface area contributed by atoms with Crippen molar-refractivity contribution in [1.29, 1.82) is 0 Å². The Labute approximate surface area is 141 Å². The fraction of sp³-hybridized carbons (Fsp3) is 0.188. The maximum absolute atomic E-state index is 12.6. The molecule has 0 aromatic heterocycles. The zero-order valence-corrected chi connectivity index (χ0v) is 15.0. The lowest BCUT2D eigenvalue weighted by Gasteiger charge is -2.20. The Balaban J connectivity index is 2.26. The van der Waals surface area contributed by atoms with E-state index in [9.17, 15) is 4.79 Å². The number of rotatable bonds is 3. The number of carbonyl (C=O) groups is 1. The molecule has 0 heterocycles. The molecule has 5 heteroatoms. The first kappa shape index (κ1) is 16.0. The van der Waals surface area contributed by atoms with Gasteiger partial charge in [-0.1, -0.05) is 50.1 Å². The van der Waals surface area contributed by atoms with Crippen molar-refractivity contribution in [2.75, 3.05) is 12.8 Å². The van der Waals surface area contributed by atoms with Gasteiger partial charge in [0.15, 0.2) is 0 Å². The number of hydrogen-bond acceptors (Lipinski definition) is 2. The van der Waals surface area contributed by atoms with Crippen LogP contribution in [0.1, 0.15) is 21.5 Å². The second-order valence-corrected chi connectivity index (χ2v) is 6.69. The molecule has 3 nitrogen and oxygen atoms in total. The molecule has 0 aliphatic rings. The van der Waals surface area contributed by atoms with E-state index in [2.05, 4.69) is 31.9 Å². The van der Waals surface area contributed by atoms with Gasteiger partial charge >= 0.3 is 0 Å². The monoisotopic (exact) mass is 410 g/mol. The average Bonchev–Trinajstić information content (AvgIpc) is 2.44. The van der Waals surface area contributed by atoms with Crippen LogP contribution in [0.4, 0.5) is 5.69 Å². The maximum Gasteiger partial charge on any atom is 0.254 e. The normalized spacial score (nSPS) is 10.5. The van der Waals surface area contributed by atoms with E-state index in [4.69, 9.17) is 5.73 Å². The molecule has 0 bridgehead atoms. The molecule has 2 N–H and O–H groups in total. The van der Waals surface area contributed by atoms with E-state index < -0.39 is 0 Å². The lowest BCUT2D eigenvalue weighted by atomic mass is 10.1. The van der Waals surface area contributed by atoms with Gasteiger partial charge in [-0.3, -0.25) is 4.79 Å². The summed E-state index contributed by atoms with van der Waals surface area (Å²) in [6, 6.07) is 11.5. The molecular weight excluding hydrogens is 396 g/mol. The van der Waals surface area contributed by atoms with Gasteiger partial charge in [-0.05, 0) is 36.2 Å². The standard InChI is InChI=1S/C16H16Br2N2O/c1-10-13(7-12(17)8-15(10)19)16(21)20(2)9-11-5-3-4-6-14(11)18/h3-8H,9,19H2,1-2H3. The number of benzene rings is 2. The number of anilines is 1. The first-order chi connectivity index (χ1) is 9.90. The lowest BCUT2D eigenvalue weighted by Crippen LogP contribution is -2.27.